The third kappa shape index (κ3) is 7.88. The number of hydroxylamine groups is 2. The number of amides is 2. The van der Waals surface area contributed by atoms with Gasteiger partial charge in [-0.2, -0.15) is 0 Å². The third-order valence-electron chi connectivity index (χ3n) is 5.66. The zero-order chi connectivity index (χ0) is 26.9. The molecule has 2 heterocycles. The maximum atomic E-state index is 13.4. The molecule has 1 fully saturated rings. The van der Waals surface area contributed by atoms with Crippen LogP contribution < -0.4 is 10.6 Å². The van der Waals surface area contributed by atoms with Crippen LogP contribution in [0.5, 0.6) is 0 Å². The monoisotopic (exact) mass is 512 g/mol. The van der Waals surface area contributed by atoms with Crippen LogP contribution in [-0.4, -0.2) is 82.8 Å². The highest BCUT2D eigenvalue weighted by Crippen LogP contribution is 2.19. The van der Waals surface area contributed by atoms with Crippen molar-refractivity contribution in [1.82, 2.24) is 25.2 Å². The fourth-order valence-corrected chi connectivity index (χ4v) is 3.82. The van der Waals surface area contributed by atoms with Gasteiger partial charge in [0.15, 0.2) is 5.82 Å². The Balaban J connectivity index is 1.73. The average molecular weight is 513 g/mol. The van der Waals surface area contributed by atoms with Crippen molar-refractivity contribution in [2.75, 3.05) is 38.1 Å². The molecule has 1 aromatic heterocycles. The second-order valence-electron chi connectivity index (χ2n) is 9.35. The molecule has 1 aliphatic heterocycles. The first-order valence-electron chi connectivity index (χ1n) is 12.6. The van der Waals surface area contributed by atoms with Crippen LogP contribution in [0, 0.1) is 5.92 Å². The number of nitrogens with one attached hydrogen (secondary N) is 2. The van der Waals surface area contributed by atoms with Crippen LogP contribution in [0.3, 0.4) is 0 Å². The Morgan fingerprint density at radius 3 is 2.27 bits per heavy atom. The number of rotatable bonds is 9. The van der Waals surface area contributed by atoms with E-state index in [9.17, 15) is 14.4 Å². The summed E-state index contributed by atoms with van der Waals surface area (Å²) < 4.78 is 4.79. The molecule has 1 aliphatic rings. The van der Waals surface area contributed by atoms with Crippen molar-refractivity contribution in [1.29, 1.82) is 0 Å². The number of carbonyl (C=O) groups is 3. The van der Waals surface area contributed by atoms with Gasteiger partial charge in [-0.25, -0.2) is 14.8 Å². The lowest BCUT2D eigenvalue weighted by atomic mass is 10.0. The van der Waals surface area contributed by atoms with E-state index in [-0.39, 0.29) is 30.2 Å². The molecule has 11 nitrogen and oxygen atoms in total. The molecule has 200 valence electrons. The fourth-order valence-electron chi connectivity index (χ4n) is 3.82. The quantitative estimate of drug-likeness (QED) is 0.488. The lowest BCUT2D eigenvalue weighted by Gasteiger charge is -2.35. The molecule has 0 radical (unpaired) electrons. The predicted molar refractivity (Wildman–Crippen MR) is 139 cm³/mol. The van der Waals surface area contributed by atoms with Gasteiger partial charge in [0.1, 0.15) is 17.6 Å². The summed E-state index contributed by atoms with van der Waals surface area (Å²) >= 11 is 0. The van der Waals surface area contributed by atoms with Crippen LogP contribution in [0.15, 0.2) is 36.4 Å². The first kappa shape index (κ1) is 27.9. The maximum Gasteiger partial charge on any atom is 0.527 e. The van der Waals surface area contributed by atoms with E-state index < -0.39 is 18.1 Å². The Labute approximate surface area is 217 Å². The molecule has 3 rings (SSSR count). The second kappa shape index (κ2) is 13.0. The molecule has 0 unspecified atom stereocenters. The maximum absolute atomic E-state index is 13.4. The lowest BCUT2D eigenvalue weighted by molar-refractivity contribution is -0.158. The number of ether oxygens (including phenoxy) is 1. The minimum Gasteiger partial charge on any atom is -0.433 e. The van der Waals surface area contributed by atoms with Crippen molar-refractivity contribution in [3.05, 3.63) is 42.1 Å². The zero-order valence-electron chi connectivity index (χ0n) is 22.1. The van der Waals surface area contributed by atoms with Crippen LogP contribution in [0.1, 0.15) is 45.1 Å². The molecule has 2 N–H and O–H groups in total. The van der Waals surface area contributed by atoms with Crippen molar-refractivity contribution in [3.63, 3.8) is 0 Å². The molecule has 0 spiro atoms. The fraction of sp³-hybridized carbons (Fsp3) is 0.500. The van der Waals surface area contributed by atoms with E-state index in [2.05, 4.69) is 20.6 Å². The van der Waals surface area contributed by atoms with E-state index in [0.29, 0.717) is 37.8 Å². The summed E-state index contributed by atoms with van der Waals surface area (Å²) in [6, 6.07) is 10.4. The van der Waals surface area contributed by atoms with Crippen molar-refractivity contribution >= 4 is 23.8 Å². The standard InChI is InChI=1S/C26H36N6O5/c1-6-36-26(35)37-32-14-12-31(13-15-32)25(34)22(17(2)3)30-24(33)20-16-21(27-18(4)5)29-23(28-20)19-10-8-7-9-11-19/h7-11,16-18,22H,6,12-15H2,1-5H3,(H,30,33)(H,27,28,29)/t22-/m0/s1. The number of hydrogen-bond acceptors (Lipinski definition) is 9. The number of aromatic nitrogens is 2. The number of nitrogens with zero attached hydrogens (tertiary/aromatic N) is 4. The van der Waals surface area contributed by atoms with E-state index in [1.807, 2.05) is 58.0 Å². The highest BCUT2D eigenvalue weighted by molar-refractivity contribution is 5.97. The summed E-state index contributed by atoms with van der Waals surface area (Å²) in [5, 5.41) is 7.58. The van der Waals surface area contributed by atoms with Crippen LogP contribution >= 0.6 is 0 Å². The Hall–Kier alpha value is -3.73. The smallest absolute Gasteiger partial charge is 0.433 e. The Morgan fingerprint density at radius 1 is 1.00 bits per heavy atom. The molecule has 2 amide bonds. The first-order valence-corrected chi connectivity index (χ1v) is 12.6. The molecule has 11 heteroatoms. The van der Waals surface area contributed by atoms with Gasteiger partial charge in [-0.1, -0.05) is 44.2 Å². The normalized spacial score (nSPS) is 14.8. The van der Waals surface area contributed by atoms with Crippen molar-refractivity contribution in [2.24, 2.45) is 5.92 Å². The van der Waals surface area contributed by atoms with Crippen molar-refractivity contribution in [3.8, 4) is 11.4 Å². The van der Waals surface area contributed by atoms with Gasteiger partial charge in [0, 0.05) is 30.8 Å². The highest BCUT2D eigenvalue weighted by atomic mass is 16.8. The Morgan fingerprint density at radius 2 is 1.68 bits per heavy atom. The van der Waals surface area contributed by atoms with Crippen molar-refractivity contribution in [2.45, 2.75) is 46.7 Å². The van der Waals surface area contributed by atoms with Gasteiger partial charge >= 0.3 is 6.16 Å². The number of benzene rings is 1. The molecular formula is C26H36N6O5. The van der Waals surface area contributed by atoms with Gasteiger partial charge in [0.25, 0.3) is 5.91 Å². The van der Waals surface area contributed by atoms with E-state index >= 15 is 0 Å². The number of hydrogen-bond donors (Lipinski definition) is 2. The van der Waals surface area contributed by atoms with Crippen LogP contribution in [0.25, 0.3) is 11.4 Å². The van der Waals surface area contributed by atoms with Crippen LogP contribution in [0.4, 0.5) is 10.6 Å². The predicted octanol–water partition coefficient (Wildman–Crippen LogP) is 2.95. The summed E-state index contributed by atoms with van der Waals surface area (Å²) in [6.07, 6.45) is -0.763. The van der Waals surface area contributed by atoms with Crippen LogP contribution in [-0.2, 0) is 14.4 Å². The minimum atomic E-state index is -0.763. The average Bonchev–Trinajstić information content (AvgIpc) is 2.87. The van der Waals surface area contributed by atoms with Gasteiger partial charge in [-0.15, -0.1) is 5.06 Å². The summed E-state index contributed by atoms with van der Waals surface area (Å²) in [4.78, 5) is 54.1. The van der Waals surface area contributed by atoms with Gasteiger partial charge in [0.2, 0.25) is 5.91 Å². The number of anilines is 1. The van der Waals surface area contributed by atoms with E-state index in [1.165, 1.54) is 5.06 Å². The molecule has 0 saturated carbocycles. The molecule has 37 heavy (non-hydrogen) atoms. The molecule has 1 atom stereocenters. The highest BCUT2D eigenvalue weighted by Gasteiger charge is 2.32. The zero-order valence-corrected chi connectivity index (χ0v) is 22.1. The minimum absolute atomic E-state index is 0.103. The third-order valence-corrected chi connectivity index (χ3v) is 5.66. The largest absolute Gasteiger partial charge is 0.527 e. The SMILES string of the molecule is CCOC(=O)ON1CCN(C(=O)[C@@H](NC(=O)c2cc(NC(C)C)nc(-c3ccccc3)n2)C(C)C)CC1. The molecule has 1 aromatic carbocycles. The molecule has 0 aliphatic carbocycles. The molecular weight excluding hydrogens is 476 g/mol. The van der Waals surface area contributed by atoms with Crippen molar-refractivity contribution < 1.29 is 24.0 Å². The first-order chi connectivity index (χ1) is 17.7. The van der Waals surface area contributed by atoms with E-state index in [1.54, 1.807) is 17.9 Å². The summed E-state index contributed by atoms with van der Waals surface area (Å²) in [5.41, 5.74) is 0.950. The van der Waals surface area contributed by atoms with Gasteiger partial charge < -0.3 is 25.1 Å². The summed E-state index contributed by atoms with van der Waals surface area (Å²) in [5.74, 6) is 0.134. The molecule has 1 saturated heterocycles. The molecule has 2 aromatic rings. The van der Waals surface area contributed by atoms with Gasteiger partial charge in [-0.3, -0.25) is 9.59 Å². The summed E-state index contributed by atoms with van der Waals surface area (Å²) in [6.45, 7) is 11.0. The second-order valence-corrected chi connectivity index (χ2v) is 9.35. The Kier molecular flexibility index (Phi) is 9.78. The van der Waals surface area contributed by atoms with Gasteiger partial charge in [0.05, 0.1) is 19.7 Å². The number of piperazine rings is 1. The summed E-state index contributed by atoms with van der Waals surface area (Å²) in [7, 11) is 0. The van der Waals surface area contributed by atoms with Crippen LogP contribution in [0.2, 0.25) is 0 Å². The van der Waals surface area contributed by atoms with E-state index in [4.69, 9.17) is 9.57 Å². The number of carbonyl (C=O) groups excluding carboxylic acids is 3. The Bertz CT molecular complexity index is 1070. The van der Waals surface area contributed by atoms with Gasteiger partial charge in [-0.05, 0) is 26.7 Å². The van der Waals surface area contributed by atoms with E-state index in [0.717, 1.165) is 5.56 Å². The lowest BCUT2D eigenvalue weighted by Crippen LogP contribution is -2.56. The molecule has 0 bridgehead atoms. The topological polar surface area (TPSA) is 126 Å².